The van der Waals surface area contributed by atoms with Crippen LogP contribution in [0.1, 0.15) is 26.1 Å². The molecule has 1 unspecified atom stereocenters. The van der Waals surface area contributed by atoms with Crippen molar-refractivity contribution in [2.75, 3.05) is 0 Å². The topological polar surface area (TPSA) is 20.1 Å². The molecule has 0 spiro atoms. The molecule has 2 heterocycles. The first-order chi connectivity index (χ1) is 6.00. The van der Waals surface area contributed by atoms with Crippen molar-refractivity contribution in [3.63, 3.8) is 0 Å². The van der Waals surface area contributed by atoms with E-state index in [9.17, 15) is 4.79 Å². The van der Waals surface area contributed by atoms with Crippen LogP contribution in [0.15, 0.2) is 17.9 Å². The number of carbonyl (C=O) groups excluding carboxylic acids is 1. The standard InChI is InChI=1S/C10H13NOP/c1-10(2,3)11-7-8-5-4-6-13(8)9(11)12/h4-7H,1-3H3/q+1. The van der Waals surface area contributed by atoms with E-state index < -0.39 is 7.53 Å². The molecule has 1 atom stereocenters. The van der Waals surface area contributed by atoms with Crippen LogP contribution in [0.4, 0.5) is 4.79 Å². The Morgan fingerprint density at radius 2 is 2.08 bits per heavy atom. The van der Waals surface area contributed by atoms with Gasteiger partial charge in [-0.2, -0.15) is 4.58 Å². The Hall–Kier alpha value is -0.880. The molecule has 0 N–H and O–H groups in total. The summed E-state index contributed by atoms with van der Waals surface area (Å²) in [6, 6.07) is 4.02. The second-order valence-electron chi connectivity index (χ2n) is 4.26. The van der Waals surface area contributed by atoms with Crippen LogP contribution in [0.3, 0.4) is 0 Å². The molecule has 1 aliphatic heterocycles. The van der Waals surface area contributed by atoms with E-state index in [0.29, 0.717) is 0 Å². The first-order valence-electron chi connectivity index (χ1n) is 4.36. The monoisotopic (exact) mass is 194 g/mol. The van der Waals surface area contributed by atoms with Crippen molar-refractivity contribution >= 4 is 19.4 Å². The highest BCUT2D eigenvalue weighted by molar-refractivity contribution is 7.68. The maximum absolute atomic E-state index is 11.9. The van der Waals surface area contributed by atoms with Crippen molar-refractivity contribution in [2.24, 2.45) is 0 Å². The van der Waals surface area contributed by atoms with E-state index in [4.69, 9.17) is 0 Å². The van der Waals surface area contributed by atoms with Crippen molar-refractivity contribution in [2.45, 2.75) is 26.3 Å². The Morgan fingerprint density at radius 1 is 1.38 bits per heavy atom. The summed E-state index contributed by atoms with van der Waals surface area (Å²) in [4.78, 5) is 11.9. The third-order valence-corrected chi connectivity index (χ3v) is 4.10. The average Bonchev–Trinajstić information content (AvgIpc) is 2.51. The summed E-state index contributed by atoms with van der Waals surface area (Å²) >= 11 is 0. The van der Waals surface area contributed by atoms with Gasteiger partial charge in [0.1, 0.15) is 0 Å². The largest absolute Gasteiger partial charge is 0.432 e. The minimum Gasteiger partial charge on any atom is -0.211 e. The van der Waals surface area contributed by atoms with Crippen LogP contribution in [-0.4, -0.2) is 22.0 Å². The Labute approximate surface area is 79.0 Å². The third kappa shape index (κ3) is 1.26. The van der Waals surface area contributed by atoms with Gasteiger partial charge in [0, 0.05) is 28.3 Å². The molecule has 1 aliphatic rings. The van der Waals surface area contributed by atoms with Crippen LogP contribution in [0.5, 0.6) is 0 Å². The zero-order valence-electron chi connectivity index (χ0n) is 8.11. The van der Waals surface area contributed by atoms with Crippen LogP contribution < -0.4 is 0 Å². The summed E-state index contributed by atoms with van der Waals surface area (Å²) in [6.07, 6.45) is 1.99. The lowest BCUT2D eigenvalue weighted by molar-refractivity contribution is -0.491. The summed E-state index contributed by atoms with van der Waals surface area (Å²) in [6.45, 7) is 6.18. The van der Waals surface area contributed by atoms with Gasteiger partial charge in [-0.15, -0.1) is 0 Å². The molecule has 1 aromatic heterocycles. The van der Waals surface area contributed by atoms with Gasteiger partial charge in [-0.05, 0) is 11.9 Å². The number of fused-ring (bicyclic) bond motifs is 1. The van der Waals surface area contributed by atoms with E-state index in [2.05, 4.69) is 20.8 Å². The van der Waals surface area contributed by atoms with Gasteiger partial charge in [-0.25, -0.2) is 4.79 Å². The highest BCUT2D eigenvalue weighted by atomic mass is 31.1. The highest BCUT2D eigenvalue weighted by Gasteiger charge is 2.38. The van der Waals surface area contributed by atoms with Crippen LogP contribution in [0.25, 0.3) is 0 Å². The molecule has 1 aromatic rings. The second kappa shape index (κ2) is 2.55. The molecule has 0 aromatic carbocycles. The quantitative estimate of drug-likeness (QED) is 0.581. The number of nitrogens with zero attached hydrogens (tertiary/aromatic N) is 1. The molecule has 0 radical (unpaired) electrons. The van der Waals surface area contributed by atoms with Gasteiger partial charge in [0.2, 0.25) is 0 Å². The predicted molar refractivity (Wildman–Crippen MR) is 55.1 cm³/mol. The van der Waals surface area contributed by atoms with Gasteiger partial charge in [-0.1, -0.05) is 6.07 Å². The first-order valence-corrected chi connectivity index (χ1v) is 5.77. The van der Waals surface area contributed by atoms with Gasteiger partial charge < -0.3 is 0 Å². The summed E-state index contributed by atoms with van der Waals surface area (Å²) < 4.78 is 1.86. The molecule has 13 heavy (non-hydrogen) atoms. The van der Waals surface area contributed by atoms with E-state index in [-0.39, 0.29) is 11.2 Å². The summed E-state index contributed by atoms with van der Waals surface area (Å²) in [5.41, 5.74) is 0.181. The fourth-order valence-electron chi connectivity index (χ4n) is 1.46. The molecule has 0 aliphatic carbocycles. The first kappa shape index (κ1) is 8.71. The highest BCUT2D eigenvalue weighted by Crippen LogP contribution is 2.39. The van der Waals surface area contributed by atoms with Gasteiger partial charge in [-0.3, -0.25) is 0 Å². The Morgan fingerprint density at radius 3 is 2.62 bits per heavy atom. The van der Waals surface area contributed by atoms with Crippen molar-refractivity contribution in [1.29, 1.82) is 0 Å². The van der Waals surface area contributed by atoms with E-state index in [1.165, 1.54) is 5.30 Å². The predicted octanol–water partition coefficient (Wildman–Crippen LogP) is 2.88. The SMILES string of the molecule is CC(C)(C)[N+]1=Cc2cccp2C1=O. The van der Waals surface area contributed by atoms with Crippen molar-refractivity contribution in [1.82, 2.24) is 0 Å². The van der Waals surface area contributed by atoms with E-state index in [0.717, 1.165) is 0 Å². The van der Waals surface area contributed by atoms with Crippen molar-refractivity contribution in [3.05, 3.63) is 23.2 Å². The molecule has 2 nitrogen and oxygen atoms in total. The summed E-state index contributed by atoms with van der Waals surface area (Å²) in [7, 11) is -0.646. The van der Waals surface area contributed by atoms with Crippen LogP contribution in [0.2, 0.25) is 0 Å². The lowest BCUT2D eigenvalue weighted by atomic mass is 10.1. The fourth-order valence-corrected chi connectivity index (χ4v) is 3.31. The number of hydrogen-bond donors (Lipinski definition) is 0. The number of rotatable bonds is 0. The van der Waals surface area contributed by atoms with Crippen molar-refractivity contribution in [3.8, 4) is 0 Å². The zero-order chi connectivity index (χ0) is 9.64. The summed E-state index contributed by atoms with van der Waals surface area (Å²) in [5.74, 6) is 2.02. The van der Waals surface area contributed by atoms with Gasteiger partial charge in [0.15, 0.2) is 11.8 Å². The summed E-state index contributed by atoms with van der Waals surface area (Å²) in [5, 5.41) is 1.19. The normalized spacial score (nSPS) is 17.3. The Bertz CT molecular complexity index is 395. The van der Waals surface area contributed by atoms with Crippen molar-refractivity contribution < 1.29 is 9.37 Å². The third-order valence-electron chi connectivity index (χ3n) is 2.18. The average molecular weight is 194 g/mol. The molecule has 0 bridgehead atoms. The minimum absolute atomic E-state index is 0.0849. The zero-order valence-corrected chi connectivity index (χ0v) is 9.01. The van der Waals surface area contributed by atoms with E-state index >= 15 is 0 Å². The van der Waals surface area contributed by atoms with Crippen LogP contribution in [0, 0.1) is 0 Å². The maximum Gasteiger partial charge on any atom is 0.432 e. The number of hydrogen-bond acceptors (Lipinski definition) is 1. The Kier molecular flexibility index (Phi) is 1.71. The molecule has 68 valence electrons. The molecule has 0 saturated carbocycles. The fraction of sp³-hybridized carbons (Fsp3) is 0.400. The Balaban J connectivity index is 2.50. The molecule has 2 rings (SSSR count). The number of carbonyl (C=O) groups is 1. The minimum atomic E-state index is -0.646. The molecule has 3 heteroatoms. The molecular formula is C10H13NOP+. The molecule has 0 fully saturated rings. The maximum atomic E-state index is 11.9. The lowest BCUT2D eigenvalue weighted by Gasteiger charge is -2.12. The number of amides is 1. The van der Waals surface area contributed by atoms with Crippen LogP contribution >= 0.6 is 7.53 Å². The second-order valence-corrected chi connectivity index (χ2v) is 6.19. The van der Waals surface area contributed by atoms with Gasteiger partial charge in [0.05, 0.1) is 5.30 Å². The van der Waals surface area contributed by atoms with E-state index in [1.807, 2.05) is 28.7 Å². The smallest absolute Gasteiger partial charge is 0.211 e. The molecular weight excluding hydrogens is 181 g/mol. The van der Waals surface area contributed by atoms with Gasteiger partial charge >= 0.3 is 5.65 Å². The molecule has 0 saturated heterocycles. The molecule has 1 amide bonds. The van der Waals surface area contributed by atoms with E-state index in [1.54, 1.807) is 0 Å². The lowest BCUT2D eigenvalue weighted by Crippen LogP contribution is -2.34. The van der Waals surface area contributed by atoms with Gasteiger partial charge in [0.25, 0.3) is 0 Å². The van der Waals surface area contributed by atoms with Crippen LogP contribution in [-0.2, 0) is 0 Å².